The molecule has 3 rings (SSSR count). The van der Waals surface area contributed by atoms with E-state index in [0.29, 0.717) is 12.6 Å². The molecule has 1 fully saturated rings. The second-order valence-corrected chi connectivity index (χ2v) is 5.05. The smallest absolute Gasteiger partial charge is 0.119 e. The molecule has 0 aromatic heterocycles. The van der Waals surface area contributed by atoms with Crippen LogP contribution in [0.4, 0.5) is 0 Å². The topological polar surface area (TPSA) is 33.3 Å². The highest BCUT2D eigenvalue weighted by Crippen LogP contribution is 2.19. The molecule has 1 aliphatic heterocycles. The Balaban J connectivity index is 0.00000161. The molecule has 0 radical (unpaired) electrons. The fourth-order valence-electron chi connectivity index (χ4n) is 2.43. The van der Waals surface area contributed by atoms with Crippen LogP contribution in [-0.4, -0.2) is 19.6 Å². The largest absolute Gasteiger partial charge is 0.489 e. The zero-order valence-corrected chi connectivity index (χ0v) is 12.7. The average Bonchev–Trinajstić information content (AvgIpc) is 2.55. The van der Waals surface area contributed by atoms with Gasteiger partial charge in [0.1, 0.15) is 12.4 Å². The van der Waals surface area contributed by atoms with Gasteiger partial charge in [0.05, 0.1) is 0 Å². The number of piperazine rings is 1. The maximum absolute atomic E-state index is 5.80. The summed E-state index contributed by atoms with van der Waals surface area (Å²) in [6.07, 6.45) is 0. The second-order valence-electron chi connectivity index (χ2n) is 5.05. The zero-order chi connectivity index (χ0) is 13.6. The van der Waals surface area contributed by atoms with Crippen molar-refractivity contribution in [3.8, 4) is 5.75 Å². The number of halogens is 1. The molecule has 2 aromatic carbocycles. The van der Waals surface area contributed by atoms with Crippen molar-refractivity contribution in [3.63, 3.8) is 0 Å². The van der Waals surface area contributed by atoms with Crippen LogP contribution < -0.4 is 15.4 Å². The van der Waals surface area contributed by atoms with E-state index >= 15 is 0 Å². The van der Waals surface area contributed by atoms with Crippen LogP contribution in [0.2, 0.25) is 0 Å². The van der Waals surface area contributed by atoms with E-state index in [4.69, 9.17) is 4.74 Å². The van der Waals surface area contributed by atoms with Crippen LogP contribution in [0.15, 0.2) is 54.6 Å². The van der Waals surface area contributed by atoms with Gasteiger partial charge in [-0.05, 0) is 23.3 Å². The lowest BCUT2D eigenvalue weighted by Gasteiger charge is -2.24. The van der Waals surface area contributed by atoms with Crippen molar-refractivity contribution in [1.82, 2.24) is 10.6 Å². The Morgan fingerprint density at radius 1 is 0.952 bits per heavy atom. The highest BCUT2D eigenvalue weighted by Gasteiger charge is 2.13. The van der Waals surface area contributed by atoms with Crippen molar-refractivity contribution in [1.29, 1.82) is 0 Å². The number of benzene rings is 2. The Bertz CT molecular complexity index is 524. The van der Waals surface area contributed by atoms with Crippen molar-refractivity contribution in [2.75, 3.05) is 19.6 Å². The molecule has 1 saturated heterocycles. The monoisotopic (exact) mass is 304 g/mol. The molecule has 21 heavy (non-hydrogen) atoms. The van der Waals surface area contributed by atoms with E-state index < -0.39 is 0 Å². The Morgan fingerprint density at radius 2 is 1.71 bits per heavy atom. The third-order valence-corrected chi connectivity index (χ3v) is 3.57. The maximum Gasteiger partial charge on any atom is 0.119 e. The molecule has 1 aliphatic rings. The standard InChI is InChI=1S/C17H20N2O.ClH/c1-2-4-14(5-3-1)13-20-16-8-6-15(7-9-16)17-12-18-10-11-19-17;/h1-9,17-19H,10-13H2;1H/t17-;/m0./s1. The van der Waals surface area contributed by atoms with Gasteiger partial charge in [-0.1, -0.05) is 42.5 Å². The van der Waals surface area contributed by atoms with Gasteiger partial charge < -0.3 is 15.4 Å². The summed E-state index contributed by atoms with van der Waals surface area (Å²) in [4.78, 5) is 0. The van der Waals surface area contributed by atoms with Gasteiger partial charge in [-0.3, -0.25) is 0 Å². The van der Waals surface area contributed by atoms with Crippen molar-refractivity contribution in [2.24, 2.45) is 0 Å². The summed E-state index contributed by atoms with van der Waals surface area (Å²) >= 11 is 0. The normalized spacial score (nSPS) is 17.8. The van der Waals surface area contributed by atoms with Crippen LogP contribution in [0.3, 0.4) is 0 Å². The minimum absolute atomic E-state index is 0. The minimum atomic E-state index is 0. The molecule has 1 heterocycles. The first-order valence-corrected chi connectivity index (χ1v) is 7.12. The minimum Gasteiger partial charge on any atom is -0.489 e. The van der Waals surface area contributed by atoms with Crippen molar-refractivity contribution in [2.45, 2.75) is 12.6 Å². The molecule has 0 unspecified atom stereocenters. The molecular formula is C17H21ClN2O. The van der Waals surface area contributed by atoms with Crippen LogP contribution in [0.25, 0.3) is 0 Å². The molecule has 0 bridgehead atoms. The van der Waals surface area contributed by atoms with E-state index in [9.17, 15) is 0 Å². The van der Waals surface area contributed by atoms with E-state index in [1.54, 1.807) is 0 Å². The van der Waals surface area contributed by atoms with Gasteiger partial charge in [0, 0.05) is 25.7 Å². The zero-order valence-electron chi connectivity index (χ0n) is 11.9. The van der Waals surface area contributed by atoms with Crippen LogP contribution in [0, 0.1) is 0 Å². The molecule has 3 nitrogen and oxygen atoms in total. The quantitative estimate of drug-likeness (QED) is 0.911. The van der Waals surface area contributed by atoms with Gasteiger partial charge in [-0.25, -0.2) is 0 Å². The van der Waals surface area contributed by atoms with E-state index in [1.807, 2.05) is 18.2 Å². The second kappa shape index (κ2) is 8.03. The lowest BCUT2D eigenvalue weighted by molar-refractivity contribution is 0.306. The van der Waals surface area contributed by atoms with Crippen LogP contribution in [0.5, 0.6) is 5.75 Å². The van der Waals surface area contributed by atoms with Gasteiger partial charge in [0.15, 0.2) is 0 Å². The Kier molecular flexibility index (Phi) is 6.05. The van der Waals surface area contributed by atoms with E-state index in [-0.39, 0.29) is 12.4 Å². The number of hydrogen-bond donors (Lipinski definition) is 2. The summed E-state index contributed by atoms with van der Waals surface area (Å²) in [5.41, 5.74) is 2.50. The average molecular weight is 305 g/mol. The molecule has 4 heteroatoms. The third kappa shape index (κ3) is 4.46. The third-order valence-electron chi connectivity index (χ3n) is 3.57. The lowest BCUT2D eigenvalue weighted by Crippen LogP contribution is -2.42. The Morgan fingerprint density at radius 3 is 2.38 bits per heavy atom. The summed E-state index contributed by atoms with van der Waals surface area (Å²) in [7, 11) is 0. The summed E-state index contributed by atoms with van der Waals surface area (Å²) < 4.78 is 5.80. The van der Waals surface area contributed by atoms with E-state index in [1.165, 1.54) is 11.1 Å². The van der Waals surface area contributed by atoms with Crippen LogP contribution >= 0.6 is 12.4 Å². The fourth-order valence-corrected chi connectivity index (χ4v) is 2.43. The molecule has 2 N–H and O–H groups in total. The number of hydrogen-bond acceptors (Lipinski definition) is 3. The van der Waals surface area contributed by atoms with Crippen molar-refractivity contribution in [3.05, 3.63) is 65.7 Å². The molecule has 112 valence electrons. The molecule has 1 atom stereocenters. The van der Waals surface area contributed by atoms with Gasteiger partial charge in [-0.2, -0.15) is 0 Å². The SMILES string of the molecule is Cl.c1ccc(COc2ccc([C@@H]3CNCCN3)cc2)cc1. The number of nitrogens with one attached hydrogen (secondary N) is 2. The van der Waals surface area contributed by atoms with E-state index in [2.05, 4.69) is 47.0 Å². The maximum atomic E-state index is 5.80. The summed E-state index contributed by atoms with van der Waals surface area (Å²) in [5, 5.41) is 6.91. The number of rotatable bonds is 4. The van der Waals surface area contributed by atoms with Gasteiger partial charge >= 0.3 is 0 Å². The van der Waals surface area contributed by atoms with Crippen molar-refractivity contribution < 1.29 is 4.74 Å². The summed E-state index contributed by atoms with van der Waals surface area (Å²) in [6.45, 7) is 3.68. The number of ether oxygens (including phenoxy) is 1. The highest BCUT2D eigenvalue weighted by atomic mass is 35.5. The molecule has 0 amide bonds. The highest BCUT2D eigenvalue weighted by molar-refractivity contribution is 5.85. The van der Waals surface area contributed by atoms with Gasteiger partial charge in [0.2, 0.25) is 0 Å². The molecule has 0 spiro atoms. The van der Waals surface area contributed by atoms with Crippen LogP contribution in [0.1, 0.15) is 17.2 Å². The summed E-state index contributed by atoms with van der Waals surface area (Å²) in [6, 6.07) is 19.0. The first-order valence-electron chi connectivity index (χ1n) is 7.12. The predicted octanol–water partition coefficient (Wildman–Crippen LogP) is 2.92. The molecule has 2 aromatic rings. The lowest BCUT2D eigenvalue weighted by atomic mass is 10.1. The molecule has 0 aliphatic carbocycles. The Labute approximate surface area is 132 Å². The molecular weight excluding hydrogens is 284 g/mol. The fraction of sp³-hybridized carbons (Fsp3) is 0.294. The van der Waals surface area contributed by atoms with Gasteiger partial charge in [-0.15, -0.1) is 12.4 Å². The van der Waals surface area contributed by atoms with Gasteiger partial charge in [0.25, 0.3) is 0 Å². The first kappa shape index (κ1) is 15.8. The van der Waals surface area contributed by atoms with Crippen LogP contribution in [-0.2, 0) is 6.61 Å². The van der Waals surface area contributed by atoms with E-state index in [0.717, 1.165) is 25.4 Å². The molecule has 0 saturated carbocycles. The predicted molar refractivity (Wildman–Crippen MR) is 88.1 cm³/mol. The summed E-state index contributed by atoms with van der Waals surface area (Å²) in [5.74, 6) is 0.918. The first-order chi connectivity index (χ1) is 9.92. The Hall–Kier alpha value is -1.55. The van der Waals surface area contributed by atoms with Crippen molar-refractivity contribution >= 4 is 12.4 Å².